The van der Waals surface area contributed by atoms with Gasteiger partial charge in [-0.1, -0.05) is 48.0 Å². The second-order valence-corrected chi connectivity index (χ2v) is 7.33. The van der Waals surface area contributed by atoms with Gasteiger partial charge in [-0.3, -0.25) is 25.1 Å². The zero-order valence-electron chi connectivity index (χ0n) is 16.6. The topological polar surface area (TPSA) is 88.9 Å². The summed E-state index contributed by atoms with van der Waals surface area (Å²) in [7, 11) is 0. The van der Waals surface area contributed by atoms with Crippen molar-refractivity contribution in [3.05, 3.63) is 83.6 Å². The number of carbonyl (C=O) groups excluding carboxylic acids is 2. The third-order valence-corrected chi connectivity index (χ3v) is 5.11. The number of halogens is 1. The molecule has 0 unspecified atom stereocenters. The third kappa shape index (κ3) is 4.90. The van der Waals surface area contributed by atoms with Gasteiger partial charge in [0.2, 0.25) is 5.91 Å². The van der Waals surface area contributed by atoms with Gasteiger partial charge in [0.25, 0.3) is 5.91 Å². The van der Waals surface area contributed by atoms with Crippen LogP contribution in [0, 0.1) is 0 Å². The molecule has 0 bridgehead atoms. The fourth-order valence-corrected chi connectivity index (χ4v) is 3.49. The van der Waals surface area contributed by atoms with Crippen molar-refractivity contribution in [3.8, 4) is 11.3 Å². The Kier molecular flexibility index (Phi) is 6.24. The number of amides is 2. The van der Waals surface area contributed by atoms with Crippen LogP contribution in [0.15, 0.2) is 73.1 Å². The van der Waals surface area contributed by atoms with E-state index in [0.29, 0.717) is 40.1 Å². The van der Waals surface area contributed by atoms with Crippen molar-refractivity contribution in [2.24, 2.45) is 0 Å². The summed E-state index contributed by atoms with van der Waals surface area (Å²) in [6, 6.07) is 18.2. The monoisotopic (exact) mass is 433 g/mol. The highest BCUT2D eigenvalue weighted by molar-refractivity contribution is 6.33. The summed E-state index contributed by atoms with van der Waals surface area (Å²) in [5.41, 5.74) is 7.36. The number of pyridine rings is 1. The number of aryl methyl sites for hydroxylation is 1. The molecule has 0 radical (unpaired) electrons. The molecule has 0 aliphatic carbocycles. The molecule has 0 aliphatic rings. The minimum Gasteiger partial charge on any atom is -0.273 e. The van der Waals surface area contributed by atoms with Crippen LogP contribution < -0.4 is 10.9 Å². The molecule has 0 atom stereocenters. The average Bonchev–Trinajstić information content (AvgIpc) is 3.30. The molecule has 0 saturated heterocycles. The number of fused-ring (bicyclic) bond motifs is 1. The summed E-state index contributed by atoms with van der Waals surface area (Å²) in [5.74, 6) is -0.697. The van der Waals surface area contributed by atoms with Crippen LogP contribution >= 0.6 is 11.6 Å². The van der Waals surface area contributed by atoms with Crippen LogP contribution in [0.2, 0.25) is 5.02 Å². The number of carbonyl (C=O) groups is 2. The Balaban J connectivity index is 1.49. The van der Waals surface area contributed by atoms with Gasteiger partial charge in [-0.15, -0.1) is 0 Å². The minimum absolute atomic E-state index is 0.266. The van der Waals surface area contributed by atoms with E-state index in [9.17, 15) is 9.59 Å². The lowest BCUT2D eigenvalue weighted by molar-refractivity contribution is -0.122. The first-order valence-corrected chi connectivity index (χ1v) is 10.2. The van der Waals surface area contributed by atoms with Crippen molar-refractivity contribution < 1.29 is 9.59 Å². The molecular weight excluding hydrogens is 414 g/mol. The number of hydrogen-bond acceptors (Lipinski definition) is 4. The fraction of sp³-hybridized carbons (Fsp3) is 0.130. The standard InChI is InChI=1S/C23H20ClN5O2/c24-19-9-3-1-8-17(19)21-15-18(16-7-2-4-10-20(16)26-21)23(31)28-27-22(30)11-5-13-29-14-6-12-25-29/h1-4,6-10,12,14-15H,5,11,13H2,(H,27,30)(H,28,31). The zero-order valence-corrected chi connectivity index (χ0v) is 17.3. The Hall–Kier alpha value is -3.71. The number of hydrogen-bond donors (Lipinski definition) is 2. The molecule has 7 nitrogen and oxygen atoms in total. The molecule has 2 N–H and O–H groups in total. The Bertz CT molecular complexity index is 1220. The quantitative estimate of drug-likeness (QED) is 0.450. The predicted molar refractivity (Wildman–Crippen MR) is 119 cm³/mol. The van der Waals surface area contributed by atoms with Gasteiger partial charge < -0.3 is 0 Å². The number of nitrogens with one attached hydrogen (secondary N) is 2. The Morgan fingerprint density at radius 2 is 1.81 bits per heavy atom. The Morgan fingerprint density at radius 1 is 1.00 bits per heavy atom. The highest BCUT2D eigenvalue weighted by atomic mass is 35.5. The van der Waals surface area contributed by atoms with Crippen molar-refractivity contribution in [3.63, 3.8) is 0 Å². The largest absolute Gasteiger partial charge is 0.273 e. The maximum atomic E-state index is 12.9. The van der Waals surface area contributed by atoms with Gasteiger partial charge in [0.05, 0.1) is 16.8 Å². The van der Waals surface area contributed by atoms with Crippen LogP contribution in [0.5, 0.6) is 0 Å². The van der Waals surface area contributed by atoms with E-state index in [2.05, 4.69) is 20.9 Å². The van der Waals surface area contributed by atoms with Crippen molar-refractivity contribution in [2.45, 2.75) is 19.4 Å². The summed E-state index contributed by atoms with van der Waals surface area (Å²) in [6.07, 6.45) is 4.40. The summed E-state index contributed by atoms with van der Waals surface area (Å²) in [4.78, 5) is 29.7. The van der Waals surface area contributed by atoms with Crippen molar-refractivity contribution in [1.82, 2.24) is 25.6 Å². The molecule has 0 fully saturated rings. The first kappa shape index (κ1) is 20.6. The lowest BCUT2D eigenvalue weighted by Gasteiger charge is -2.12. The van der Waals surface area contributed by atoms with Crippen LogP contribution in [-0.2, 0) is 11.3 Å². The van der Waals surface area contributed by atoms with Gasteiger partial charge in [0, 0.05) is 41.3 Å². The van der Waals surface area contributed by atoms with Gasteiger partial charge in [-0.05, 0) is 30.7 Å². The normalized spacial score (nSPS) is 10.7. The van der Waals surface area contributed by atoms with Gasteiger partial charge >= 0.3 is 0 Å². The van der Waals surface area contributed by atoms with E-state index in [1.165, 1.54) is 0 Å². The van der Waals surface area contributed by atoms with Crippen LogP contribution in [0.3, 0.4) is 0 Å². The molecule has 8 heteroatoms. The molecule has 0 aliphatic heterocycles. The number of hydrazine groups is 1. The lowest BCUT2D eigenvalue weighted by atomic mass is 10.0. The molecule has 0 saturated carbocycles. The molecule has 156 valence electrons. The van der Waals surface area contributed by atoms with Gasteiger partial charge in [-0.25, -0.2) is 4.98 Å². The van der Waals surface area contributed by atoms with Gasteiger partial charge in [0.1, 0.15) is 0 Å². The van der Waals surface area contributed by atoms with E-state index < -0.39 is 5.91 Å². The molecule has 2 amide bonds. The van der Waals surface area contributed by atoms with Crippen LogP contribution in [-0.4, -0.2) is 26.6 Å². The zero-order chi connectivity index (χ0) is 21.6. The van der Waals surface area contributed by atoms with Crippen LogP contribution in [0.1, 0.15) is 23.2 Å². The molecule has 2 aromatic carbocycles. The van der Waals surface area contributed by atoms with Crippen LogP contribution in [0.25, 0.3) is 22.2 Å². The van der Waals surface area contributed by atoms with E-state index in [4.69, 9.17) is 11.6 Å². The molecule has 4 aromatic rings. The van der Waals surface area contributed by atoms with Crippen LogP contribution in [0.4, 0.5) is 0 Å². The molecule has 2 heterocycles. The number of rotatable bonds is 6. The SMILES string of the molecule is O=C(CCCn1cccn1)NNC(=O)c1cc(-c2ccccc2Cl)nc2ccccc12. The molecular formula is C23H20ClN5O2. The molecule has 4 rings (SSSR count). The maximum absolute atomic E-state index is 12.9. The second-order valence-electron chi connectivity index (χ2n) is 6.93. The van der Waals surface area contributed by atoms with Gasteiger partial charge in [-0.2, -0.15) is 5.10 Å². The van der Waals surface area contributed by atoms with Gasteiger partial charge in [0.15, 0.2) is 0 Å². The summed E-state index contributed by atoms with van der Waals surface area (Å²) in [5, 5.41) is 5.32. The summed E-state index contributed by atoms with van der Waals surface area (Å²) >= 11 is 6.33. The average molecular weight is 434 g/mol. The number of aromatic nitrogens is 3. The second kappa shape index (κ2) is 9.40. The van der Waals surface area contributed by atoms with E-state index in [0.717, 1.165) is 5.56 Å². The smallest absolute Gasteiger partial charge is 0.270 e. The third-order valence-electron chi connectivity index (χ3n) is 4.78. The van der Waals surface area contributed by atoms with Crippen molar-refractivity contribution in [2.75, 3.05) is 0 Å². The van der Waals surface area contributed by atoms with E-state index in [-0.39, 0.29) is 12.3 Å². The van der Waals surface area contributed by atoms with E-state index >= 15 is 0 Å². The molecule has 31 heavy (non-hydrogen) atoms. The number of para-hydroxylation sites is 1. The minimum atomic E-state index is -0.424. The number of nitrogens with zero attached hydrogens (tertiary/aromatic N) is 3. The first-order valence-electron chi connectivity index (χ1n) is 9.83. The summed E-state index contributed by atoms with van der Waals surface area (Å²) < 4.78 is 1.76. The fourth-order valence-electron chi connectivity index (χ4n) is 3.26. The molecule has 2 aromatic heterocycles. The number of benzene rings is 2. The lowest BCUT2D eigenvalue weighted by Crippen LogP contribution is -2.41. The van der Waals surface area contributed by atoms with Crippen molar-refractivity contribution >= 4 is 34.3 Å². The van der Waals surface area contributed by atoms with E-state index in [1.54, 1.807) is 23.0 Å². The summed E-state index contributed by atoms with van der Waals surface area (Å²) in [6.45, 7) is 0.630. The molecule has 0 spiro atoms. The highest BCUT2D eigenvalue weighted by Gasteiger charge is 2.15. The predicted octanol–water partition coefficient (Wildman–Crippen LogP) is 3.99. The van der Waals surface area contributed by atoms with E-state index in [1.807, 2.05) is 54.7 Å². The Morgan fingerprint density at radius 3 is 2.61 bits per heavy atom. The first-order chi connectivity index (χ1) is 15.1. The van der Waals surface area contributed by atoms with Crippen molar-refractivity contribution in [1.29, 1.82) is 0 Å². The maximum Gasteiger partial charge on any atom is 0.270 e. The highest BCUT2D eigenvalue weighted by Crippen LogP contribution is 2.29. The Labute approximate surface area is 184 Å².